The molecule has 0 heterocycles. The molecule has 0 aromatic heterocycles. The van der Waals surface area contributed by atoms with Crippen LogP contribution in [0.4, 0.5) is 5.69 Å². The summed E-state index contributed by atoms with van der Waals surface area (Å²) >= 11 is 6.12. The molecule has 2 N–H and O–H groups in total. The third-order valence-electron chi connectivity index (χ3n) is 4.53. The Morgan fingerprint density at radius 2 is 1.55 bits per heavy atom. The van der Waals surface area contributed by atoms with E-state index in [9.17, 15) is 14.4 Å². The van der Waals surface area contributed by atoms with Gasteiger partial charge in [-0.1, -0.05) is 66.2 Å². The third kappa shape index (κ3) is 6.66. The van der Waals surface area contributed by atoms with E-state index in [-0.39, 0.29) is 16.3 Å². The van der Waals surface area contributed by atoms with Crippen LogP contribution in [0.25, 0.3) is 6.08 Å². The van der Waals surface area contributed by atoms with Crippen LogP contribution in [0.5, 0.6) is 0 Å². The van der Waals surface area contributed by atoms with Gasteiger partial charge in [0.15, 0.2) is 0 Å². The Hall–Kier alpha value is -4.16. The summed E-state index contributed by atoms with van der Waals surface area (Å²) in [7, 11) is 1.29. The molecule has 0 unspecified atom stereocenters. The van der Waals surface area contributed by atoms with Gasteiger partial charge in [-0.3, -0.25) is 9.59 Å². The van der Waals surface area contributed by atoms with E-state index in [2.05, 4.69) is 15.4 Å². The molecule has 0 aliphatic carbocycles. The minimum absolute atomic E-state index is 0.0177. The van der Waals surface area contributed by atoms with Crippen LogP contribution in [-0.2, 0) is 9.53 Å². The number of anilines is 1. The van der Waals surface area contributed by atoms with Gasteiger partial charge >= 0.3 is 5.97 Å². The number of benzene rings is 3. The van der Waals surface area contributed by atoms with Crippen LogP contribution in [0.1, 0.15) is 26.3 Å². The normalized spacial score (nSPS) is 11.2. The molecule has 3 aromatic rings. The standard InChI is InChI=1S/C26H21ClN2O4/c1-33-26(32)19-14-16-20(17-15-19)28-25(31)23(13-7-10-18-8-3-2-4-9-18)29-24(30)21-11-5-6-12-22(21)27/h2-17H,1H3,(H,28,31)(H,29,30). The fourth-order valence-corrected chi connectivity index (χ4v) is 3.06. The summed E-state index contributed by atoms with van der Waals surface area (Å²) in [5, 5.41) is 5.60. The van der Waals surface area contributed by atoms with E-state index in [1.54, 1.807) is 48.6 Å². The highest BCUT2D eigenvalue weighted by atomic mass is 35.5. The minimum Gasteiger partial charge on any atom is -0.465 e. The predicted molar refractivity (Wildman–Crippen MR) is 129 cm³/mol. The number of halogens is 1. The Kier molecular flexibility index (Phi) is 8.16. The number of carbonyl (C=O) groups excluding carboxylic acids is 3. The summed E-state index contributed by atoms with van der Waals surface area (Å²) in [5.74, 6) is -1.54. The number of amides is 2. The van der Waals surface area contributed by atoms with Crippen molar-refractivity contribution < 1.29 is 19.1 Å². The van der Waals surface area contributed by atoms with E-state index < -0.39 is 17.8 Å². The Morgan fingerprint density at radius 1 is 0.879 bits per heavy atom. The lowest BCUT2D eigenvalue weighted by Gasteiger charge is -2.11. The molecule has 3 rings (SSSR count). The average Bonchev–Trinajstić information content (AvgIpc) is 2.84. The lowest BCUT2D eigenvalue weighted by atomic mass is 10.2. The second-order valence-corrected chi connectivity index (χ2v) is 7.21. The molecule has 0 saturated carbocycles. The van der Waals surface area contributed by atoms with Crippen LogP contribution in [0, 0.1) is 0 Å². The molecule has 0 atom stereocenters. The van der Waals surface area contributed by atoms with E-state index >= 15 is 0 Å². The highest BCUT2D eigenvalue weighted by Crippen LogP contribution is 2.16. The second-order valence-electron chi connectivity index (χ2n) is 6.81. The van der Waals surface area contributed by atoms with Crippen LogP contribution in [-0.4, -0.2) is 24.9 Å². The monoisotopic (exact) mass is 460 g/mol. The molecule has 0 saturated heterocycles. The number of hydrogen-bond donors (Lipinski definition) is 2. The lowest BCUT2D eigenvalue weighted by Crippen LogP contribution is -2.31. The van der Waals surface area contributed by atoms with E-state index in [0.717, 1.165) is 5.56 Å². The van der Waals surface area contributed by atoms with Gasteiger partial charge in [0.2, 0.25) is 0 Å². The summed E-state index contributed by atoms with van der Waals surface area (Å²) in [6.07, 6.45) is 4.97. The largest absolute Gasteiger partial charge is 0.465 e. The first-order chi connectivity index (χ1) is 16.0. The van der Waals surface area contributed by atoms with Gasteiger partial charge in [-0.2, -0.15) is 0 Å². The van der Waals surface area contributed by atoms with Gasteiger partial charge in [-0.15, -0.1) is 0 Å². The smallest absolute Gasteiger partial charge is 0.337 e. The van der Waals surface area contributed by atoms with E-state index in [1.165, 1.54) is 25.3 Å². The Balaban J connectivity index is 1.82. The molecule has 6 nitrogen and oxygen atoms in total. The minimum atomic E-state index is -0.543. The number of carbonyl (C=O) groups is 3. The van der Waals surface area contributed by atoms with Crippen molar-refractivity contribution in [3.8, 4) is 0 Å². The fourth-order valence-electron chi connectivity index (χ4n) is 2.83. The van der Waals surface area contributed by atoms with E-state index in [4.69, 9.17) is 11.6 Å². The number of rotatable bonds is 7. The molecule has 7 heteroatoms. The molecule has 33 heavy (non-hydrogen) atoms. The number of allylic oxidation sites excluding steroid dienone is 2. The zero-order chi connectivity index (χ0) is 23.6. The summed E-state index contributed by atoms with van der Waals surface area (Å²) in [6.45, 7) is 0. The van der Waals surface area contributed by atoms with Crippen molar-refractivity contribution in [2.75, 3.05) is 12.4 Å². The van der Waals surface area contributed by atoms with Gasteiger partial charge in [0, 0.05) is 5.69 Å². The van der Waals surface area contributed by atoms with Crippen molar-refractivity contribution in [3.05, 3.63) is 118 Å². The van der Waals surface area contributed by atoms with Crippen molar-refractivity contribution in [2.45, 2.75) is 0 Å². The quantitative estimate of drug-likeness (QED) is 0.292. The van der Waals surface area contributed by atoms with Gasteiger partial charge in [0.1, 0.15) is 5.70 Å². The van der Waals surface area contributed by atoms with Gasteiger partial charge in [0.25, 0.3) is 11.8 Å². The Bertz CT molecular complexity index is 1200. The molecule has 0 aliphatic heterocycles. The number of esters is 1. The van der Waals surface area contributed by atoms with Crippen LogP contribution in [0.15, 0.2) is 96.7 Å². The molecule has 166 valence electrons. The first kappa shape index (κ1) is 23.5. The third-order valence-corrected chi connectivity index (χ3v) is 4.86. The topological polar surface area (TPSA) is 84.5 Å². The van der Waals surface area contributed by atoms with Gasteiger partial charge in [-0.25, -0.2) is 4.79 Å². The fraction of sp³-hybridized carbons (Fsp3) is 0.0385. The van der Waals surface area contributed by atoms with E-state index in [0.29, 0.717) is 11.3 Å². The van der Waals surface area contributed by atoms with Crippen molar-refractivity contribution in [2.24, 2.45) is 0 Å². The maximum atomic E-state index is 12.9. The number of ether oxygens (including phenoxy) is 1. The molecular formula is C26H21ClN2O4. The highest BCUT2D eigenvalue weighted by molar-refractivity contribution is 6.34. The summed E-state index contributed by atoms with van der Waals surface area (Å²) in [5.41, 5.74) is 1.99. The van der Waals surface area contributed by atoms with Crippen molar-refractivity contribution in [1.29, 1.82) is 0 Å². The van der Waals surface area contributed by atoms with Gasteiger partial charge in [-0.05, 0) is 48.0 Å². The van der Waals surface area contributed by atoms with Crippen LogP contribution < -0.4 is 10.6 Å². The number of nitrogens with one attached hydrogen (secondary N) is 2. The molecule has 0 aliphatic rings. The van der Waals surface area contributed by atoms with Crippen LogP contribution >= 0.6 is 11.6 Å². The van der Waals surface area contributed by atoms with Crippen LogP contribution in [0.2, 0.25) is 5.02 Å². The second kappa shape index (κ2) is 11.5. The van der Waals surface area contributed by atoms with Gasteiger partial charge in [0.05, 0.1) is 23.3 Å². The molecule has 0 spiro atoms. The SMILES string of the molecule is COC(=O)c1ccc(NC(=O)C(=CC=Cc2ccccc2)NC(=O)c2ccccc2Cl)cc1. The first-order valence-electron chi connectivity index (χ1n) is 9.97. The summed E-state index contributed by atoms with van der Waals surface area (Å²) in [6, 6.07) is 22.3. The predicted octanol–water partition coefficient (Wildman–Crippen LogP) is 5.09. The molecule has 2 amide bonds. The molecule has 0 fully saturated rings. The molecule has 0 radical (unpaired) electrons. The Morgan fingerprint density at radius 3 is 2.21 bits per heavy atom. The van der Waals surface area contributed by atoms with Crippen molar-refractivity contribution >= 4 is 41.1 Å². The Labute approximate surface area is 196 Å². The lowest BCUT2D eigenvalue weighted by molar-refractivity contribution is -0.113. The van der Waals surface area contributed by atoms with Crippen molar-refractivity contribution in [3.63, 3.8) is 0 Å². The molecule has 0 bridgehead atoms. The summed E-state index contributed by atoms with van der Waals surface area (Å²) < 4.78 is 4.67. The van der Waals surface area contributed by atoms with Crippen molar-refractivity contribution in [1.82, 2.24) is 5.32 Å². The average molecular weight is 461 g/mol. The van der Waals surface area contributed by atoms with Gasteiger partial charge < -0.3 is 15.4 Å². The van der Waals surface area contributed by atoms with E-state index in [1.807, 2.05) is 30.3 Å². The van der Waals surface area contributed by atoms with Crippen LogP contribution in [0.3, 0.4) is 0 Å². The number of methoxy groups -OCH3 is 1. The maximum Gasteiger partial charge on any atom is 0.337 e. The zero-order valence-corrected chi connectivity index (χ0v) is 18.5. The number of hydrogen-bond acceptors (Lipinski definition) is 4. The molecular weight excluding hydrogens is 440 g/mol. The zero-order valence-electron chi connectivity index (χ0n) is 17.7. The maximum absolute atomic E-state index is 12.9. The molecule has 3 aromatic carbocycles. The summed E-state index contributed by atoms with van der Waals surface area (Å²) in [4.78, 5) is 37.2. The first-order valence-corrected chi connectivity index (χ1v) is 10.3. The highest BCUT2D eigenvalue weighted by Gasteiger charge is 2.16.